The Bertz CT molecular complexity index is 3160. The molecule has 248 valence electrons. The van der Waals surface area contributed by atoms with Gasteiger partial charge in [-0.2, -0.15) is 18.2 Å². The summed E-state index contributed by atoms with van der Waals surface area (Å²) in [6.07, 6.45) is 4.05. The molecule has 0 bridgehead atoms. The van der Waals surface area contributed by atoms with Crippen LogP contribution in [0.1, 0.15) is 17.3 Å². The number of aromatic nitrogens is 5. The van der Waals surface area contributed by atoms with Gasteiger partial charge in [0.25, 0.3) is 0 Å². The summed E-state index contributed by atoms with van der Waals surface area (Å²) in [5.74, 6) is 0.748. The van der Waals surface area contributed by atoms with Crippen molar-refractivity contribution in [3.8, 4) is 11.5 Å². The molecular formula is C45H26FN5Pt. The average molecular weight is 851 g/mol. The van der Waals surface area contributed by atoms with E-state index in [-0.39, 0.29) is 21.1 Å². The van der Waals surface area contributed by atoms with Crippen LogP contribution in [-0.4, -0.2) is 23.5 Å². The predicted octanol–water partition coefficient (Wildman–Crippen LogP) is 10.9. The normalized spacial score (nSPS) is 12.5. The van der Waals surface area contributed by atoms with Gasteiger partial charge in [0.1, 0.15) is 12.0 Å². The van der Waals surface area contributed by atoms with E-state index in [1.165, 1.54) is 0 Å². The summed E-state index contributed by atoms with van der Waals surface area (Å²) in [5.41, 5.74) is 7.76. The van der Waals surface area contributed by atoms with Crippen LogP contribution in [0.5, 0.6) is 0 Å². The van der Waals surface area contributed by atoms with E-state index in [0.717, 1.165) is 82.4 Å². The van der Waals surface area contributed by atoms with E-state index in [4.69, 9.17) is 4.98 Å². The zero-order chi connectivity index (χ0) is 33.6. The maximum Gasteiger partial charge on any atom is 2.00 e. The van der Waals surface area contributed by atoms with Crippen LogP contribution in [0.15, 0.2) is 152 Å². The quantitative estimate of drug-likeness (QED) is 0.131. The molecule has 1 unspecified atom stereocenters. The summed E-state index contributed by atoms with van der Waals surface area (Å²) < 4.78 is 23.4. The van der Waals surface area contributed by atoms with Crippen LogP contribution in [0.3, 0.4) is 0 Å². The van der Waals surface area contributed by atoms with Crippen molar-refractivity contribution < 1.29 is 25.5 Å². The minimum Gasteiger partial charge on any atom is -0.340 e. The van der Waals surface area contributed by atoms with Crippen LogP contribution in [-0.2, 0) is 21.1 Å². The van der Waals surface area contributed by atoms with Gasteiger partial charge in [-0.3, -0.25) is 4.98 Å². The van der Waals surface area contributed by atoms with Gasteiger partial charge in [-0.05, 0) is 59.3 Å². The van der Waals surface area contributed by atoms with Crippen molar-refractivity contribution in [3.63, 3.8) is 0 Å². The molecule has 0 N–H and O–H groups in total. The zero-order valence-corrected chi connectivity index (χ0v) is 29.7. The van der Waals surface area contributed by atoms with Gasteiger partial charge in [-0.1, -0.05) is 82.5 Å². The molecule has 0 fully saturated rings. The number of hydrogen-bond acceptors (Lipinski definition) is 2. The van der Waals surface area contributed by atoms with E-state index < -0.39 is 6.17 Å². The maximum absolute atomic E-state index is 16.9. The second kappa shape index (κ2) is 11.7. The van der Waals surface area contributed by atoms with E-state index in [1.54, 1.807) is 12.4 Å². The van der Waals surface area contributed by atoms with Crippen molar-refractivity contribution in [2.45, 2.75) is 6.17 Å². The van der Waals surface area contributed by atoms with Crippen LogP contribution in [0.25, 0.3) is 82.4 Å². The van der Waals surface area contributed by atoms with Crippen LogP contribution in [0, 0.1) is 12.1 Å². The number of nitrogens with zero attached hydrogens (tertiary/aromatic N) is 5. The molecule has 5 nitrogen and oxygen atoms in total. The zero-order valence-electron chi connectivity index (χ0n) is 27.4. The van der Waals surface area contributed by atoms with Crippen molar-refractivity contribution in [1.29, 1.82) is 0 Å². The fourth-order valence-electron chi connectivity index (χ4n) is 8.05. The van der Waals surface area contributed by atoms with Gasteiger partial charge >= 0.3 is 21.1 Å². The minimum absolute atomic E-state index is 0. The average Bonchev–Trinajstić information content (AvgIpc) is 3.91. The number of halogens is 1. The summed E-state index contributed by atoms with van der Waals surface area (Å²) in [6.45, 7) is 0. The van der Waals surface area contributed by atoms with Crippen molar-refractivity contribution in [2.75, 3.05) is 0 Å². The third-order valence-corrected chi connectivity index (χ3v) is 10.2. The fourth-order valence-corrected chi connectivity index (χ4v) is 8.05. The molecule has 7 heteroatoms. The van der Waals surface area contributed by atoms with Gasteiger partial charge in [0.2, 0.25) is 0 Å². The first-order valence-corrected chi connectivity index (χ1v) is 17.0. The van der Waals surface area contributed by atoms with Gasteiger partial charge < -0.3 is 13.5 Å². The van der Waals surface area contributed by atoms with Gasteiger partial charge in [-0.25, -0.2) is 9.37 Å². The number of benzene rings is 6. The van der Waals surface area contributed by atoms with E-state index in [9.17, 15) is 0 Å². The summed E-state index contributed by atoms with van der Waals surface area (Å²) in [7, 11) is 0. The molecular weight excluding hydrogens is 825 g/mol. The molecule has 0 amide bonds. The summed E-state index contributed by atoms with van der Waals surface area (Å²) >= 11 is 0. The number of rotatable bonds is 4. The Labute approximate surface area is 311 Å². The predicted molar refractivity (Wildman–Crippen MR) is 204 cm³/mol. The fraction of sp³-hybridized carbons (Fsp3) is 0.0222. The molecule has 5 heterocycles. The van der Waals surface area contributed by atoms with Crippen molar-refractivity contribution in [1.82, 2.24) is 23.5 Å². The number of hydrogen-bond donors (Lipinski definition) is 0. The maximum atomic E-state index is 16.9. The van der Waals surface area contributed by atoms with Crippen LogP contribution >= 0.6 is 0 Å². The Balaban J connectivity index is 0.00000338. The summed E-state index contributed by atoms with van der Waals surface area (Å²) in [5, 5.41) is 7.23. The van der Waals surface area contributed by atoms with Crippen LogP contribution < -0.4 is 0 Å². The van der Waals surface area contributed by atoms with Gasteiger partial charge in [-0.15, -0.1) is 29.1 Å². The molecule has 1 atom stereocenters. The number of para-hydroxylation sites is 3. The Morgan fingerprint density at radius 1 is 0.519 bits per heavy atom. The minimum atomic E-state index is -1.46. The Morgan fingerprint density at radius 2 is 1.19 bits per heavy atom. The topological polar surface area (TPSA) is 40.0 Å². The first-order chi connectivity index (χ1) is 25.2. The van der Waals surface area contributed by atoms with E-state index in [1.807, 2.05) is 71.3 Å². The van der Waals surface area contributed by atoms with Crippen LogP contribution in [0.2, 0.25) is 0 Å². The molecule has 0 saturated carbocycles. The molecule has 5 aromatic heterocycles. The molecule has 52 heavy (non-hydrogen) atoms. The van der Waals surface area contributed by atoms with Crippen molar-refractivity contribution >= 4 is 70.9 Å². The van der Waals surface area contributed by atoms with Gasteiger partial charge in [0.15, 0.2) is 0 Å². The number of pyridine rings is 2. The summed E-state index contributed by atoms with van der Waals surface area (Å²) in [6, 6.07) is 52.1. The molecule has 0 aliphatic rings. The molecule has 0 aliphatic carbocycles. The van der Waals surface area contributed by atoms with Crippen molar-refractivity contribution in [3.05, 3.63) is 175 Å². The van der Waals surface area contributed by atoms with Gasteiger partial charge in [0, 0.05) is 46.1 Å². The molecule has 11 rings (SSSR count). The largest absolute Gasteiger partial charge is 2.00 e. The number of imidazole rings is 1. The first-order valence-electron chi connectivity index (χ1n) is 17.0. The van der Waals surface area contributed by atoms with Crippen LogP contribution in [0.4, 0.5) is 4.39 Å². The standard InChI is InChI=1S/C45H26FN5.Pt/c46-44(28-17-19-31-32-12-4-6-14-36(32)49-25-24-48-45(49)35(31)26-28)29-18-20-34-40(27-29)51(41-16-8-9-23-47-41)39-22-21-38-42(43(34)39)33-13-5-7-15-37(33)50(38)30-10-2-1-3-11-30;/h1-25,44H;/q-2;+2. The molecule has 11 aromatic rings. The summed E-state index contributed by atoms with van der Waals surface area (Å²) in [4.78, 5) is 9.40. The Morgan fingerprint density at radius 3 is 2.00 bits per heavy atom. The molecule has 0 spiro atoms. The molecule has 0 radical (unpaired) electrons. The van der Waals surface area contributed by atoms with Crippen molar-refractivity contribution in [2.24, 2.45) is 0 Å². The second-order valence-corrected chi connectivity index (χ2v) is 12.9. The third-order valence-electron chi connectivity index (χ3n) is 10.2. The Kier molecular flexibility index (Phi) is 6.92. The van der Waals surface area contributed by atoms with E-state index in [0.29, 0.717) is 11.1 Å². The monoisotopic (exact) mass is 850 g/mol. The first kappa shape index (κ1) is 30.7. The SMILES string of the molecule is FC(c1[c-]c2c(cc1)c1ccccc1n1ccnc21)c1[c-]c2c(cc1)c1c3c4ccccc4n(-c4ccccc4)c3ccc1n2-c1ccccn1.[Pt+2]. The smallest absolute Gasteiger partial charge is 0.340 e. The van der Waals surface area contributed by atoms with E-state index >= 15 is 4.39 Å². The Hall–Kier alpha value is -6.10. The second-order valence-electron chi connectivity index (χ2n) is 12.9. The molecule has 0 aliphatic heterocycles. The van der Waals surface area contributed by atoms with Gasteiger partial charge in [0.05, 0.1) is 16.7 Å². The number of alkyl halides is 1. The van der Waals surface area contributed by atoms with E-state index in [2.05, 4.69) is 99.0 Å². The third kappa shape index (κ3) is 4.31. The molecule has 6 aromatic carbocycles. The number of fused-ring (bicyclic) bond motifs is 13. The molecule has 0 saturated heterocycles.